The van der Waals surface area contributed by atoms with Gasteiger partial charge in [0.05, 0.1) is 5.69 Å². The highest BCUT2D eigenvalue weighted by Gasteiger charge is 2.11. The van der Waals surface area contributed by atoms with E-state index >= 15 is 0 Å². The number of hydrogen-bond donors (Lipinski definition) is 2. The van der Waals surface area contributed by atoms with Crippen molar-refractivity contribution in [2.45, 2.75) is 6.92 Å². The lowest BCUT2D eigenvalue weighted by Gasteiger charge is -2.10. The van der Waals surface area contributed by atoms with Crippen LogP contribution in [0.15, 0.2) is 39.3 Å². The average Bonchev–Trinajstić information content (AvgIpc) is 2.34. The topological polar surface area (TPSA) is 55.1 Å². The normalized spacial score (nSPS) is 10.4. The van der Waals surface area contributed by atoms with Crippen LogP contribution in [0, 0.1) is 12.7 Å². The monoisotopic (exact) mass is 400 g/mol. The van der Waals surface area contributed by atoms with Crippen molar-refractivity contribution in [2.24, 2.45) is 0 Å². The SMILES string of the molecule is Cc1cc(Br)c(NC(=O)c2cc(F)cc(Br)c2)cc1N. The Balaban J connectivity index is 2.30. The molecule has 0 aromatic heterocycles. The summed E-state index contributed by atoms with van der Waals surface area (Å²) in [6.45, 7) is 1.87. The molecule has 0 aliphatic rings. The first-order valence-electron chi connectivity index (χ1n) is 5.70. The molecule has 20 heavy (non-hydrogen) atoms. The molecular formula is C14H11Br2FN2O. The van der Waals surface area contributed by atoms with Gasteiger partial charge in [0.1, 0.15) is 5.82 Å². The Kier molecular flexibility index (Phi) is 4.45. The molecule has 104 valence electrons. The Labute approximate surface area is 132 Å². The van der Waals surface area contributed by atoms with Crippen molar-refractivity contribution < 1.29 is 9.18 Å². The predicted octanol–water partition coefficient (Wildman–Crippen LogP) is 4.49. The molecule has 0 aliphatic carbocycles. The summed E-state index contributed by atoms with van der Waals surface area (Å²) in [4.78, 5) is 12.1. The van der Waals surface area contributed by atoms with Gasteiger partial charge in [0.2, 0.25) is 0 Å². The van der Waals surface area contributed by atoms with Gasteiger partial charge in [-0.1, -0.05) is 15.9 Å². The molecule has 0 radical (unpaired) electrons. The van der Waals surface area contributed by atoms with Crippen LogP contribution >= 0.6 is 31.9 Å². The number of anilines is 2. The first-order valence-corrected chi connectivity index (χ1v) is 7.28. The summed E-state index contributed by atoms with van der Waals surface area (Å²) in [7, 11) is 0. The number of rotatable bonds is 2. The minimum atomic E-state index is -0.480. The number of carbonyl (C=O) groups excluding carboxylic acids is 1. The van der Waals surface area contributed by atoms with Gasteiger partial charge in [-0.2, -0.15) is 0 Å². The van der Waals surface area contributed by atoms with Gasteiger partial charge in [-0.05, 0) is 58.7 Å². The fourth-order valence-electron chi connectivity index (χ4n) is 1.66. The molecule has 0 saturated heterocycles. The minimum absolute atomic E-state index is 0.225. The number of benzene rings is 2. The molecular weight excluding hydrogens is 391 g/mol. The molecule has 3 N–H and O–H groups in total. The van der Waals surface area contributed by atoms with Gasteiger partial charge in [-0.25, -0.2) is 4.39 Å². The van der Waals surface area contributed by atoms with Crippen LogP contribution in [0.4, 0.5) is 15.8 Å². The van der Waals surface area contributed by atoms with E-state index in [2.05, 4.69) is 37.2 Å². The number of hydrogen-bond acceptors (Lipinski definition) is 2. The predicted molar refractivity (Wildman–Crippen MR) is 85.3 cm³/mol. The molecule has 2 aromatic carbocycles. The van der Waals surface area contributed by atoms with Crippen molar-refractivity contribution in [3.63, 3.8) is 0 Å². The molecule has 0 atom stereocenters. The second-order valence-corrected chi connectivity index (χ2v) is 6.07. The molecule has 0 bridgehead atoms. The lowest BCUT2D eigenvalue weighted by atomic mass is 10.1. The van der Waals surface area contributed by atoms with Crippen LogP contribution in [0.1, 0.15) is 15.9 Å². The maximum atomic E-state index is 13.3. The quantitative estimate of drug-likeness (QED) is 0.728. The molecule has 3 nitrogen and oxygen atoms in total. The van der Waals surface area contributed by atoms with E-state index in [4.69, 9.17) is 5.73 Å². The average molecular weight is 402 g/mol. The Morgan fingerprint density at radius 3 is 2.55 bits per heavy atom. The molecule has 0 fully saturated rings. The van der Waals surface area contributed by atoms with Crippen molar-refractivity contribution in [2.75, 3.05) is 11.1 Å². The molecule has 6 heteroatoms. The van der Waals surface area contributed by atoms with E-state index in [9.17, 15) is 9.18 Å². The summed E-state index contributed by atoms with van der Waals surface area (Å²) in [6.07, 6.45) is 0. The summed E-state index contributed by atoms with van der Waals surface area (Å²) in [5.41, 5.74) is 8.06. The molecule has 2 rings (SSSR count). The number of nitrogens with two attached hydrogens (primary N) is 1. The first kappa shape index (κ1) is 15.0. The number of amides is 1. The summed E-state index contributed by atoms with van der Waals surface area (Å²) in [5.74, 6) is -0.888. The maximum absolute atomic E-state index is 13.3. The molecule has 0 spiro atoms. The second kappa shape index (κ2) is 5.93. The molecule has 0 unspecified atom stereocenters. The molecule has 0 saturated carbocycles. The summed E-state index contributed by atoms with van der Waals surface area (Å²) in [6, 6.07) is 7.48. The smallest absolute Gasteiger partial charge is 0.255 e. The number of nitrogens with one attached hydrogen (secondary N) is 1. The van der Waals surface area contributed by atoms with Gasteiger partial charge in [-0.3, -0.25) is 4.79 Å². The van der Waals surface area contributed by atoms with Crippen molar-refractivity contribution in [1.82, 2.24) is 0 Å². The summed E-state index contributed by atoms with van der Waals surface area (Å²) in [5, 5.41) is 2.70. The van der Waals surface area contributed by atoms with Crippen LogP contribution in [0.2, 0.25) is 0 Å². The van der Waals surface area contributed by atoms with Crippen LogP contribution in [-0.4, -0.2) is 5.91 Å². The summed E-state index contributed by atoms with van der Waals surface area (Å²) >= 11 is 6.51. The van der Waals surface area contributed by atoms with Crippen molar-refractivity contribution in [3.05, 3.63) is 56.2 Å². The van der Waals surface area contributed by atoms with E-state index in [1.54, 1.807) is 12.1 Å². The molecule has 2 aromatic rings. The third-order valence-corrected chi connectivity index (χ3v) is 3.84. The number of halogens is 3. The second-order valence-electron chi connectivity index (χ2n) is 4.30. The number of aryl methyl sites for hydroxylation is 1. The lowest BCUT2D eigenvalue weighted by Crippen LogP contribution is -2.13. The van der Waals surface area contributed by atoms with Crippen molar-refractivity contribution in [1.29, 1.82) is 0 Å². The van der Waals surface area contributed by atoms with Crippen LogP contribution in [0.3, 0.4) is 0 Å². The Morgan fingerprint density at radius 1 is 1.20 bits per heavy atom. The van der Waals surface area contributed by atoms with E-state index in [1.165, 1.54) is 12.1 Å². The minimum Gasteiger partial charge on any atom is -0.398 e. The van der Waals surface area contributed by atoms with Crippen LogP contribution < -0.4 is 11.1 Å². The Bertz CT molecular complexity index is 669. The molecule has 1 amide bonds. The Hall–Kier alpha value is -1.40. The fraction of sp³-hybridized carbons (Fsp3) is 0.0714. The van der Waals surface area contributed by atoms with Gasteiger partial charge < -0.3 is 11.1 Å². The van der Waals surface area contributed by atoms with Crippen LogP contribution in [-0.2, 0) is 0 Å². The Morgan fingerprint density at radius 2 is 1.90 bits per heavy atom. The van der Waals surface area contributed by atoms with Gasteiger partial charge in [-0.15, -0.1) is 0 Å². The van der Waals surface area contributed by atoms with Gasteiger partial charge in [0, 0.05) is 20.2 Å². The zero-order chi connectivity index (χ0) is 14.9. The fourth-order valence-corrected chi connectivity index (χ4v) is 2.69. The summed E-state index contributed by atoms with van der Waals surface area (Å²) < 4.78 is 14.5. The van der Waals surface area contributed by atoms with Crippen molar-refractivity contribution >= 4 is 49.1 Å². The van der Waals surface area contributed by atoms with E-state index in [1.807, 2.05) is 13.0 Å². The van der Waals surface area contributed by atoms with Crippen molar-refractivity contribution in [3.8, 4) is 0 Å². The number of nitrogen functional groups attached to an aromatic ring is 1. The van der Waals surface area contributed by atoms with E-state index in [-0.39, 0.29) is 5.56 Å². The third kappa shape index (κ3) is 3.37. The highest BCUT2D eigenvalue weighted by atomic mass is 79.9. The third-order valence-electron chi connectivity index (χ3n) is 2.73. The van der Waals surface area contributed by atoms with Crippen LogP contribution in [0.5, 0.6) is 0 Å². The molecule has 0 heterocycles. The maximum Gasteiger partial charge on any atom is 0.255 e. The lowest BCUT2D eigenvalue weighted by molar-refractivity contribution is 0.102. The van der Waals surface area contributed by atoms with Gasteiger partial charge in [0.25, 0.3) is 5.91 Å². The zero-order valence-electron chi connectivity index (χ0n) is 10.5. The van der Waals surface area contributed by atoms with E-state index in [0.717, 1.165) is 5.56 Å². The van der Waals surface area contributed by atoms with E-state index in [0.29, 0.717) is 20.3 Å². The van der Waals surface area contributed by atoms with Gasteiger partial charge in [0.15, 0.2) is 0 Å². The number of carbonyl (C=O) groups is 1. The zero-order valence-corrected chi connectivity index (χ0v) is 13.7. The standard InChI is InChI=1S/C14H11Br2FN2O/c1-7-2-11(16)13(6-12(7)18)19-14(20)8-3-9(15)5-10(17)4-8/h2-6H,18H2,1H3,(H,19,20). The molecule has 0 aliphatic heterocycles. The van der Waals surface area contributed by atoms with E-state index < -0.39 is 11.7 Å². The first-order chi connectivity index (χ1) is 9.36. The highest BCUT2D eigenvalue weighted by molar-refractivity contribution is 9.10. The largest absolute Gasteiger partial charge is 0.398 e. The highest BCUT2D eigenvalue weighted by Crippen LogP contribution is 2.28. The van der Waals surface area contributed by atoms with Crippen LogP contribution in [0.25, 0.3) is 0 Å². The van der Waals surface area contributed by atoms with Gasteiger partial charge >= 0.3 is 0 Å².